The highest BCUT2D eigenvalue weighted by Gasteiger charge is 2.24. The standard InChI is InChI=1S/C55H33N5/c1-4-14-34(15-5-1)53-56-54(35-16-6-2-7-17-35)58-55(57-53)36-26-28-40(29-27-36)60-46-25-13-23-42-44-33-38-19-11-10-18-37(38)32-43(44)41-22-12-24-45-49(41)51-47(30-31-48(60)52(51)50(42)46)59(45)39-20-8-3-9-21-39/h1-33H. The van der Waals surface area contributed by atoms with Gasteiger partial charge in [-0.2, -0.15) is 0 Å². The monoisotopic (exact) mass is 763 g/mol. The maximum Gasteiger partial charge on any atom is 0.164 e. The predicted molar refractivity (Wildman–Crippen MR) is 249 cm³/mol. The third-order valence-corrected chi connectivity index (χ3v) is 12.3. The summed E-state index contributed by atoms with van der Waals surface area (Å²) in [7, 11) is 0. The summed E-state index contributed by atoms with van der Waals surface area (Å²) in [5, 5.41) is 12.5. The van der Waals surface area contributed by atoms with Crippen LogP contribution in [0, 0.1) is 0 Å². The van der Waals surface area contributed by atoms with Gasteiger partial charge >= 0.3 is 0 Å². The largest absolute Gasteiger partial charge is 0.309 e. The Hall–Kier alpha value is -8.15. The maximum absolute atomic E-state index is 5.02. The molecule has 13 rings (SSSR count). The van der Waals surface area contributed by atoms with E-state index in [0.717, 1.165) is 28.1 Å². The number of para-hydroxylation sites is 1. The third kappa shape index (κ3) is 4.77. The van der Waals surface area contributed by atoms with Crippen LogP contribution in [0.3, 0.4) is 0 Å². The predicted octanol–water partition coefficient (Wildman–Crippen LogP) is 14.0. The molecule has 0 atom stereocenters. The molecule has 5 heteroatoms. The summed E-state index contributed by atoms with van der Waals surface area (Å²) < 4.78 is 4.89. The minimum atomic E-state index is 0.636. The Morgan fingerprint density at radius 1 is 0.267 bits per heavy atom. The Bertz CT molecular complexity index is 3740. The second-order valence-corrected chi connectivity index (χ2v) is 15.6. The van der Waals surface area contributed by atoms with Crippen LogP contribution in [0.5, 0.6) is 0 Å². The van der Waals surface area contributed by atoms with Gasteiger partial charge in [0.2, 0.25) is 0 Å². The van der Waals surface area contributed by atoms with Crippen molar-refractivity contribution in [3.8, 4) is 45.5 Å². The third-order valence-electron chi connectivity index (χ3n) is 12.3. The van der Waals surface area contributed by atoms with E-state index >= 15 is 0 Å². The molecule has 3 heterocycles. The van der Waals surface area contributed by atoms with Crippen molar-refractivity contribution in [1.29, 1.82) is 0 Å². The SMILES string of the molecule is c1ccc(-c2nc(-c3ccccc3)nc(-c3ccc(-n4c5cccc6c7cc8ccccc8cc7c7cccc8c7c7c(c65)c4ccc7n8-c4ccccc4)cc3)n2)cc1. The minimum absolute atomic E-state index is 0.636. The molecule has 0 amide bonds. The van der Waals surface area contributed by atoms with E-state index in [1.54, 1.807) is 0 Å². The first kappa shape index (κ1) is 32.9. The fourth-order valence-electron chi connectivity index (χ4n) is 9.66. The molecule has 0 aliphatic carbocycles. The zero-order valence-corrected chi connectivity index (χ0v) is 32.3. The Morgan fingerprint density at radius 2 is 0.650 bits per heavy atom. The van der Waals surface area contributed by atoms with Crippen LogP contribution >= 0.6 is 0 Å². The lowest BCUT2D eigenvalue weighted by atomic mass is 9.93. The lowest BCUT2D eigenvalue weighted by Gasteiger charge is -2.11. The molecule has 0 spiro atoms. The molecule has 0 saturated carbocycles. The minimum Gasteiger partial charge on any atom is -0.309 e. The summed E-state index contributed by atoms with van der Waals surface area (Å²) in [5.74, 6) is 1.93. The van der Waals surface area contributed by atoms with E-state index < -0.39 is 0 Å². The van der Waals surface area contributed by atoms with Gasteiger partial charge < -0.3 is 9.13 Å². The molecular formula is C55H33N5. The highest BCUT2D eigenvalue weighted by Crippen LogP contribution is 2.48. The lowest BCUT2D eigenvalue weighted by molar-refractivity contribution is 1.07. The van der Waals surface area contributed by atoms with E-state index in [4.69, 9.17) is 15.0 Å². The Balaban J connectivity index is 1.11. The van der Waals surface area contributed by atoms with Gasteiger partial charge in [-0.3, -0.25) is 0 Å². The van der Waals surface area contributed by atoms with E-state index in [0.29, 0.717) is 17.5 Å². The number of rotatable bonds is 5. The van der Waals surface area contributed by atoms with Crippen LogP contribution in [0.15, 0.2) is 200 Å². The van der Waals surface area contributed by atoms with Crippen molar-refractivity contribution in [2.24, 2.45) is 0 Å². The van der Waals surface area contributed by atoms with Gasteiger partial charge in [-0.05, 0) is 105 Å². The van der Waals surface area contributed by atoms with Crippen molar-refractivity contribution in [3.63, 3.8) is 0 Å². The number of aromatic nitrogens is 5. The first-order valence-corrected chi connectivity index (χ1v) is 20.4. The molecule has 0 aliphatic rings. The summed E-state index contributed by atoms with van der Waals surface area (Å²) in [5.41, 5.74) is 9.78. The van der Waals surface area contributed by atoms with Gasteiger partial charge in [0.25, 0.3) is 0 Å². The van der Waals surface area contributed by atoms with Gasteiger partial charge in [0.1, 0.15) is 0 Å². The van der Waals surface area contributed by atoms with Crippen molar-refractivity contribution in [2.75, 3.05) is 0 Å². The summed E-state index contributed by atoms with van der Waals surface area (Å²) in [6, 6.07) is 71.6. The zero-order valence-electron chi connectivity index (χ0n) is 32.3. The van der Waals surface area contributed by atoms with Crippen molar-refractivity contribution >= 4 is 75.9 Å². The molecule has 0 saturated heterocycles. The highest BCUT2D eigenvalue weighted by molar-refractivity contribution is 6.39. The summed E-state index contributed by atoms with van der Waals surface area (Å²) in [6.07, 6.45) is 0. The van der Waals surface area contributed by atoms with Crippen LogP contribution < -0.4 is 0 Å². The normalized spacial score (nSPS) is 12.0. The lowest BCUT2D eigenvalue weighted by Crippen LogP contribution is -2.00. The molecule has 10 aromatic carbocycles. The van der Waals surface area contributed by atoms with Crippen molar-refractivity contribution < 1.29 is 0 Å². The molecular weight excluding hydrogens is 731 g/mol. The number of fused-ring (bicyclic) bond motifs is 4. The van der Waals surface area contributed by atoms with Crippen LogP contribution in [-0.4, -0.2) is 24.1 Å². The molecule has 0 bridgehead atoms. The smallest absolute Gasteiger partial charge is 0.164 e. The van der Waals surface area contributed by atoms with Gasteiger partial charge in [0.05, 0.1) is 22.1 Å². The van der Waals surface area contributed by atoms with E-state index in [1.165, 1.54) is 75.9 Å². The highest BCUT2D eigenvalue weighted by atomic mass is 15.0. The number of hydrogen-bond donors (Lipinski definition) is 0. The van der Waals surface area contributed by atoms with Gasteiger partial charge in [0.15, 0.2) is 17.5 Å². The van der Waals surface area contributed by atoms with Crippen LogP contribution in [0.2, 0.25) is 0 Å². The fourth-order valence-corrected chi connectivity index (χ4v) is 9.66. The average molecular weight is 764 g/mol. The molecule has 0 unspecified atom stereocenters. The first-order chi connectivity index (χ1) is 29.8. The van der Waals surface area contributed by atoms with E-state index in [9.17, 15) is 0 Å². The van der Waals surface area contributed by atoms with Gasteiger partial charge in [-0.1, -0.05) is 127 Å². The summed E-state index contributed by atoms with van der Waals surface area (Å²) in [4.78, 5) is 15.0. The van der Waals surface area contributed by atoms with E-state index in [2.05, 4.69) is 149 Å². The Labute approximate surface area is 344 Å². The Morgan fingerprint density at radius 3 is 1.12 bits per heavy atom. The molecule has 60 heavy (non-hydrogen) atoms. The molecule has 0 N–H and O–H groups in total. The first-order valence-electron chi connectivity index (χ1n) is 20.4. The molecule has 0 aliphatic heterocycles. The molecule has 5 nitrogen and oxygen atoms in total. The van der Waals surface area contributed by atoms with Crippen molar-refractivity contribution in [1.82, 2.24) is 24.1 Å². The van der Waals surface area contributed by atoms with Gasteiger partial charge in [-0.25, -0.2) is 15.0 Å². The van der Waals surface area contributed by atoms with Gasteiger partial charge in [-0.15, -0.1) is 0 Å². The fraction of sp³-hybridized carbons (Fsp3) is 0. The molecule has 0 radical (unpaired) electrons. The quantitative estimate of drug-likeness (QED) is 0.175. The zero-order chi connectivity index (χ0) is 39.3. The Kier molecular flexibility index (Phi) is 6.95. The van der Waals surface area contributed by atoms with Crippen molar-refractivity contribution in [3.05, 3.63) is 200 Å². The number of benzene rings is 9. The van der Waals surface area contributed by atoms with Crippen LogP contribution in [0.1, 0.15) is 0 Å². The molecule has 13 aromatic rings. The topological polar surface area (TPSA) is 48.5 Å². The summed E-state index contributed by atoms with van der Waals surface area (Å²) in [6.45, 7) is 0. The number of nitrogens with zero attached hydrogens (tertiary/aromatic N) is 5. The second-order valence-electron chi connectivity index (χ2n) is 15.6. The molecule has 278 valence electrons. The molecule has 3 aromatic heterocycles. The summed E-state index contributed by atoms with van der Waals surface area (Å²) >= 11 is 0. The average Bonchev–Trinajstić information content (AvgIpc) is 3.85. The van der Waals surface area contributed by atoms with Crippen LogP contribution in [-0.2, 0) is 0 Å². The van der Waals surface area contributed by atoms with Crippen LogP contribution in [0.25, 0.3) is 121 Å². The second kappa shape index (κ2) is 12.7. The molecule has 0 fully saturated rings. The van der Waals surface area contributed by atoms with Crippen molar-refractivity contribution in [2.45, 2.75) is 0 Å². The van der Waals surface area contributed by atoms with E-state index in [1.807, 2.05) is 60.7 Å². The number of hydrogen-bond acceptors (Lipinski definition) is 3. The van der Waals surface area contributed by atoms with Gasteiger partial charge in [0, 0.05) is 49.6 Å². The van der Waals surface area contributed by atoms with E-state index in [-0.39, 0.29) is 0 Å². The maximum atomic E-state index is 5.02. The van der Waals surface area contributed by atoms with Crippen LogP contribution in [0.4, 0.5) is 0 Å².